The second-order valence-corrected chi connectivity index (χ2v) is 8.29. The maximum absolute atomic E-state index is 12.5. The van der Waals surface area contributed by atoms with Crippen molar-refractivity contribution in [3.63, 3.8) is 0 Å². The Morgan fingerprint density at radius 1 is 1.19 bits per heavy atom. The highest BCUT2D eigenvalue weighted by Crippen LogP contribution is 2.26. The topological polar surface area (TPSA) is 88.2 Å². The molecule has 0 saturated carbocycles. The minimum Gasteiger partial charge on any atom is -0.382 e. The highest BCUT2D eigenvalue weighted by atomic mass is 16.5. The third-order valence-electron chi connectivity index (χ3n) is 5.16. The summed E-state index contributed by atoms with van der Waals surface area (Å²) in [7, 11) is 1.59. The average Bonchev–Trinajstić information content (AvgIpc) is 3.01. The molecule has 8 nitrogen and oxygen atoms in total. The summed E-state index contributed by atoms with van der Waals surface area (Å²) in [5.41, 5.74) is -0.261. The molecule has 8 heteroatoms. The van der Waals surface area contributed by atoms with E-state index in [-0.39, 0.29) is 48.2 Å². The molecule has 0 spiro atoms. The Bertz CT molecular complexity index is 538. The van der Waals surface area contributed by atoms with E-state index in [4.69, 9.17) is 9.47 Å². The molecule has 1 atom stereocenters. The monoisotopic (exact) mass is 383 g/mol. The summed E-state index contributed by atoms with van der Waals surface area (Å²) in [5, 5.41) is 3.07. The lowest BCUT2D eigenvalue weighted by Gasteiger charge is -2.33. The Morgan fingerprint density at radius 2 is 1.85 bits per heavy atom. The number of hydrogen-bond acceptors (Lipinski definition) is 5. The number of carbonyl (C=O) groups excluding carboxylic acids is 3. The molecule has 0 aromatic heterocycles. The fourth-order valence-corrected chi connectivity index (χ4v) is 3.52. The zero-order valence-corrected chi connectivity index (χ0v) is 17.0. The predicted octanol–water partition coefficient (Wildman–Crippen LogP) is 0.404. The third kappa shape index (κ3) is 6.17. The van der Waals surface area contributed by atoms with Crippen molar-refractivity contribution in [3.8, 4) is 0 Å². The highest BCUT2D eigenvalue weighted by molar-refractivity contribution is 5.89. The Labute approximate surface area is 161 Å². The molecule has 0 aromatic rings. The Hall–Kier alpha value is -1.67. The van der Waals surface area contributed by atoms with Gasteiger partial charge in [0.2, 0.25) is 17.7 Å². The van der Waals surface area contributed by atoms with E-state index < -0.39 is 0 Å². The minimum absolute atomic E-state index is 0.0295. The van der Waals surface area contributed by atoms with E-state index in [1.165, 1.54) is 0 Å². The van der Waals surface area contributed by atoms with Crippen LogP contribution in [0.3, 0.4) is 0 Å². The lowest BCUT2D eigenvalue weighted by molar-refractivity contribution is -0.138. The summed E-state index contributed by atoms with van der Waals surface area (Å²) in [4.78, 5) is 40.4. The summed E-state index contributed by atoms with van der Waals surface area (Å²) in [5.74, 6) is -0.331. The van der Waals surface area contributed by atoms with Crippen molar-refractivity contribution in [1.82, 2.24) is 15.1 Å². The van der Waals surface area contributed by atoms with Crippen LogP contribution in [0.5, 0.6) is 0 Å². The molecule has 2 saturated heterocycles. The fourth-order valence-electron chi connectivity index (χ4n) is 3.52. The largest absolute Gasteiger partial charge is 0.382 e. The number of methoxy groups -OCH3 is 1. The SMILES string of the molecule is COCCOCC(=O)N1CCC(NC(=O)C2CC(=O)N(C(C)(C)C)C2)CC1. The Morgan fingerprint density at radius 3 is 2.41 bits per heavy atom. The number of amides is 3. The second-order valence-electron chi connectivity index (χ2n) is 8.29. The van der Waals surface area contributed by atoms with Crippen molar-refractivity contribution in [2.75, 3.05) is 46.6 Å². The van der Waals surface area contributed by atoms with E-state index in [0.29, 0.717) is 32.8 Å². The molecule has 1 N–H and O–H groups in total. The van der Waals surface area contributed by atoms with Gasteiger partial charge in [0, 0.05) is 44.7 Å². The van der Waals surface area contributed by atoms with Crippen LogP contribution in [0, 0.1) is 5.92 Å². The molecule has 2 fully saturated rings. The van der Waals surface area contributed by atoms with Crippen LogP contribution in [-0.2, 0) is 23.9 Å². The second kappa shape index (κ2) is 9.50. The van der Waals surface area contributed by atoms with Crippen molar-refractivity contribution in [1.29, 1.82) is 0 Å². The lowest BCUT2D eigenvalue weighted by atomic mass is 10.0. The van der Waals surface area contributed by atoms with Crippen molar-refractivity contribution >= 4 is 17.7 Å². The molecular weight excluding hydrogens is 350 g/mol. The van der Waals surface area contributed by atoms with Gasteiger partial charge in [-0.15, -0.1) is 0 Å². The number of piperidine rings is 1. The van der Waals surface area contributed by atoms with Gasteiger partial charge in [-0.05, 0) is 33.6 Å². The van der Waals surface area contributed by atoms with Gasteiger partial charge in [0.1, 0.15) is 6.61 Å². The molecule has 2 rings (SSSR count). The summed E-state index contributed by atoms with van der Waals surface area (Å²) in [6.07, 6.45) is 1.72. The predicted molar refractivity (Wildman–Crippen MR) is 100 cm³/mol. The smallest absolute Gasteiger partial charge is 0.248 e. The fraction of sp³-hybridized carbons (Fsp3) is 0.842. The summed E-state index contributed by atoms with van der Waals surface area (Å²) in [6.45, 7) is 8.57. The first kappa shape index (κ1) is 21.6. The molecule has 3 amide bonds. The van der Waals surface area contributed by atoms with Crippen LogP contribution < -0.4 is 5.32 Å². The van der Waals surface area contributed by atoms with Crippen LogP contribution in [0.1, 0.15) is 40.0 Å². The van der Waals surface area contributed by atoms with Gasteiger partial charge >= 0.3 is 0 Å². The molecule has 27 heavy (non-hydrogen) atoms. The number of nitrogens with one attached hydrogen (secondary N) is 1. The normalized spacial score (nSPS) is 21.6. The van der Waals surface area contributed by atoms with E-state index in [0.717, 1.165) is 12.8 Å². The van der Waals surface area contributed by atoms with Crippen molar-refractivity contribution in [3.05, 3.63) is 0 Å². The number of hydrogen-bond donors (Lipinski definition) is 1. The van der Waals surface area contributed by atoms with Crippen molar-refractivity contribution in [2.45, 2.75) is 51.6 Å². The van der Waals surface area contributed by atoms with E-state index in [2.05, 4.69) is 5.32 Å². The molecule has 2 aliphatic rings. The lowest BCUT2D eigenvalue weighted by Crippen LogP contribution is -2.49. The minimum atomic E-state index is -0.287. The van der Waals surface area contributed by atoms with E-state index in [9.17, 15) is 14.4 Å². The van der Waals surface area contributed by atoms with Gasteiger partial charge in [0.25, 0.3) is 0 Å². The summed E-state index contributed by atoms with van der Waals surface area (Å²) >= 11 is 0. The van der Waals surface area contributed by atoms with Gasteiger partial charge in [0.15, 0.2) is 0 Å². The van der Waals surface area contributed by atoms with Crippen LogP contribution >= 0.6 is 0 Å². The third-order valence-corrected chi connectivity index (χ3v) is 5.16. The molecule has 0 radical (unpaired) electrons. The van der Waals surface area contributed by atoms with Gasteiger partial charge in [-0.25, -0.2) is 0 Å². The number of likely N-dealkylation sites (tertiary alicyclic amines) is 2. The number of carbonyl (C=O) groups is 3. The molecular formula is C19H33N3O5. The first-order valence-corrected chi connectivity index (χ1v) is 9.67. The first-order chi connectivity index (χ1) is 12.7. The van der Waals surface area contributed by atoms with E-state index >= 15 is 0 Å². The maximum atomic E-state index is 12.5. The Balaban J connectivity index is 1.72. The number of ether oxygens (including phenoxy) is 2. The van der Waals surface area contributed by atoms with Gasteiger partial charge in [0.05, 0.1) is 19.1 Å². The van der Waals surface area contributed by atoms with Gasteiger partial charge < -0.3 is 24.6 Å². The molecule has 0 aromatic carbocycles. The standard InChI is InChI=1S/C19H33N3O5/c1-19(2,3)22-12-14(11-16(22)23)18(25)20-15-5-7-21(8-6-15)17(24)13-27-10-9-26-4/h14-15H,5-13H2,1-4H3,(H,20,25). The van der Waals surface area contributed by atoms with E-state index in [1.807, 2.05) is 20.8 Å². The molecule has 2 aliphatic heterocycles. The van der Waals surface area contributed by atoms with Crippen molar-refractivity contribution in [2.24, 2.45) is 5.92 Å². The summed E-state index contributed by atoms with van der Waals surface area (Å²) in [6, 6.07) is 0.0507. The van der Waals surface area contributed by atoms with Crippen molar-refractivity contribution < 1.29 is 23.9 Å². The zero-order valence-electron chi connectivity index (χ0n) is 17.0. The highest BCUT2D eigenvalue weighted by Gasteiger charge is 2.40. The van der Waals surface area contributed by atoms with Crippen LogP contribution in [-0.4, -0.2) is 85.7 Å². The van der Waals surface area contributed by atoms with Gasteiger partial charge in [-0.3, -0.25) is 14.4 Å². The van der Waals surface area contributed by atoms with Crippen LogP contribution in [0.25, 0.3) is 0 Å². The average molecular weight is 383 g/mol. The van der Waals surface area contributed by atoms with Crippen LogP contribution in [0.15, 0.2) is 0 Å². The Kier molecular flexibility index (Phi) is 7.61. The molecule has 1 unspecified atom stereocenters. The van der Waals surface area contributed by atoms with Crippen LogP contribution in [0.4, 0.5) is 0 Å². The van der Waals surface area contributed by atoms with Crippen LogP contribution in [0.2, 0.25) is 0 Å². The maximum Gasteiger partial charge on any atom is 0.248 e. The number of nitrogens with zero attached hydrogens (tertiary/aromatic N) is 2. The molecule has 0 bridgehead atoms. The molecule has 2 heterocycles. The van der Waals surface area contributed by atoms with Gasteiger partial charge in [-0.2, -0.15) is 0 Å². The van der Waals surface area contributed by atoms with E-state index in [1.54, 1.807) is 16.9 Å². The zero-order chi connectivity index (χ0) is 20.0. The molecule has 0 aliphatic carbocycles. The van der Waals surface area contributed by atoms with Gasteiger partial charge in [-0.1, -0.05) is 0 Å². The number of rotatable bonds is 7. The quantitative estimate of drug-likeness (QED) is 0.643. The molecule has 154 valence electrons. The first-order valence-electron chi connectivity index (χ1n) is 9.67. The summed E-state index contributed by atoms with van der Waals surface area (Å²) < 4.78 is 10.2.